The number of methoxy groups -OCH3 is 1. The van der Waals surface area contributed by atoms with Gasteiger partial charge in [0, 0.05) is 18.6 Å². The zero-order valence-electron chi connectivity index (χ0n) is 11.1. The number of hydrogen-bond acceptors (Lipinski definition) is 4. The summed E-state index contributed by atoms with van der Waals surface area (Å²) in [6, 6.07) is 3.96. The summed E-state index contributed by atoms with van der Waals surface area (Å²) in [7, 11) is 1.76. The third-order valence-corrected chi connectivity index (χ3v) is 4.53. The average Bonchev–Trinajstić information content (AvgIpc) is 2.79. The molecule has 0 bridgehead atoms. The molecule has 0 radical (unpaired) electrons. The molecular weight excluding hydrogens is 246 g/mol. The minimum atomic E-state index is 0.262. The van der Waals surface area contributed by atoms with Crippen molar-refractivity contribution in [3.8, 4) is 0 Å². The van der Waals surface area contributed by atoms with E-state index in [0.29, 0.717) is 12.5 Å². The largest absolute Gasteiger partial charge is 0.384 e. The van der Waals surface area contributed by atoms with E-state index < -0.39 is 0 Å². The van der Waals surface area contributed by atoms with Gasteiger partial charge in [0.05, 0.1) is 11.4 Å². The quantitative estimate of drug-likeness (QED) is 0.768. The van der Waals surface area contributed by atoms with Crippen LogP contribution in [-0.2, 0) is 4.74 Å². The van der Waals surface area contributed by atoms with Crippen molar-refractivity contribution in [1.29, 1.82) is 0 Å². The average molecular weight is 267 g/mol. The number of ketones is 1. The van der Waals surface area contributed by atoms with Crippen LogP contribution in [0.5, 0.6) is 0 Å². The summed E-state index contributed by atoms with van der Waals surface area (Å²) in [6.45, 7) is 5.50. The molecule has 0 amide bonds. The summed E-state index contributed by atoms with van der Waals surface area (Å²) in [5.74, 6) is 0.934. The molecule has 18 heavy (non-hydrogen) atoms. The fourth-order valence-corrected chi connectivity index (χ4v) is 3.21. The third kappa shape index (κ3) is 3.64. The SMILES string of the molecule is COCC1CCN(CC(=O)c2ccc(C)s2)CC1. The van der Waals surface area contributed by atoms with Crippen molar-refractivity contribution in [3.05, 3.63) is 21.9 Å². The Morgan fingerprint density at radius 2 is 2.17 bits per heavy atom. The molecular formula is C14H21NO2S. The Kier molecular flexibility index (Phi) is 4.92. The van der Waals surface area contributed by atoms with Gasteiger partial charge in [0.2, 0.25) is 0 Å². The lowest BCUT2D eigenvalue weighted by Gasteiger charge is -2.30. The molecule has 3 nitrogen and oxygen atoms in total. The van der Waals surface area contributed by atoms with Crippen molar-refractivity contribution in [1.82, 2.24) is 4.90 Å². The van der Waals surface area contributed by atoms with E-state index >= 15 is 0 Å². The maximum absolute atomic E-state index is 12.1. The van der Waals surface area contributed by atoms with Gasteiger partial charge in [-0.3, -0.25) is 9.69 Å². The van der Waals surface area contributed by atoms with Crippen LogP contribution in [-0.4, -0.2) is 44.0 Å². The fourth-order valence-electron chi connectivity index (χ4n) is 2.41. The predicted octanol–water partition coefficient (Wildman–Crippen LogP) is 2.60. The molecule has 2 rings (SSSR count). The number of ether oxygens (including phenoxy) is 1. The second kappa shape index (κ2) is 6.45. The fraction of sp³-hybridized carbons (Fsp3) is 0.643. The van der Waals surface area contributed by atoms with Crippen LogP contribution in [0, 0.1) is 12.8 Å². The molecule has 0 aliphatic carbocycles. The van der Waals surface area contributed by atoms with Gasteiger partial charge in [0.15, 0.2) is 5.78 Å². The molecule has 1 aromatic heterocycles. The highest BCUT2D eigenvalue weighted by Gasteiger charge is 2.21. The molecule has 0 unspecified atom stereocenters. The van der Waals surface area contributed by atoms with E-state index in [0.717, 1.165) is 37.4 Å². The molecule has 4 heteroatoms. The van der Waals surface area contributed by atoms with Gasteiger partial charge in [-0.25, -0.2) is 0 Å². The van der Waals surface area contributed by atoms with Crippen molar-refractivity contribution in [2.24, 2.45) is 5.92 Å². The molecule has 2 heterocycles. The maximum Gasteiger partial charge on any atom is 0.186 e. The highest BCUT2D eigenvalue weighted by molar-refractivity contribution is 7.14. The molecule has 1 fully saturated rings. The summed E-state index contributed by atoms with van der Waals surface area (Å²) >= 11 is 1.60. The van der Waals surface area contributed by atoms with Crippen LogP contribution in [0.4, 0.5) is 0 Å². The van der Waals surface area contributed by atoms with E-state index in [1.807, 2.05) is 19.1 Å². The number of carbonyl (C=O) groups is 1. The van der Waals surface area contributed by atoms with Gasteiger partial charge in [0.1, 0.15) is 0 Å². The minimum Gasteiger partial charge on any atom is -0.384 e. The van der Waals surface area contributed by atoms with Crippen LogP contribution in [0.1, 0.15) is 27.4 Å². The summed E-state index contributed by atoms with van der Waals surface area (Å²) in [6.07, 6.45) is 2.29. The first-order valence-electron chi connectivity index (χ1n) is 6.50. The van der Waals surface area contributed by atoms with Crippen molar-refractivity contribution in [3.63, 3.8) is 0 Å². The summed E-state index contributed by atoms with van der Waals surface area (Å²) in [5, 5.41) is 0. The topological polar surface area (TPSA) is 29.5 Å². The minimum absolute atomic E-state index is 0.262. The second-order valence-corrected chi connectivity index (χ2v) is 6.30. The molecule has 0 spiro atoms. The Hall–Kier alpha value is -0.710. The van der Waals surface area contributed by atoms with Crippen molar-refractivity contribution < 1.29 is 9.53 Å². The molecule has 0 atom stereocenters. The van der Waals surface area contributed by atoms with Gasteiger partial charge in [-0.1, -0.05) is 0 Å². The van der Waals surface area contributed by atoms with Crippen LogP contribution >= 0.6 is 11.3 Å². The lowest BCUT2D eigenvalue weighted by Crippen LogP contribution is -2.38. The van der Waals surface area contributed by atoms with E-state index in [-0.39, 0.29) is 5.78 Å². The number of hydrogen-bond donors (Lipinski definition) is 0. The monoisotopic (exact) mass is 267 g/mol. The first-order valence-corrected chi connectivity index (χ1v) is 7.31. The van der Waals surface area contributed by atoms with Gasteiger partial charge >= 0.3 is 0 Å². The van der Waals surface area contributed by atoms with E-state index in [9.17, 15) is 4.79 Å². The maximum atomic E-state index is 12.1. The Balaban J connectivity index is 1.79. The molecule has 1 aromatic rings. The lowest BCUT2D eigenvalue weighted by atomic mass is 9.97. The number of piperidine rings is 1. The highest BCUT2D eigenvalue weighted by Crippen LogP contribution is 2.19. The second-order valence-electron chi connectivity index (χ2n) is 5.01. The van der Waals surface area contributed by atoms with Crippen LogP contribution in [0.2, 0.25) is 0 Å². The van der Waals surface area contributed by atoms with E-state index in [1.165, 1.54) is 4.88 Å². The molecule has 0 N–H and O–H groups in total. The van der Waals surface area contributed by atoms with Crippen LogP contribution in [0.25, 0.3) is 0 Å². The number of nitrogens with zero attached hydrogens (tertiary/aromatic N) is 1. The van der Waals surface area contributed by atoms with Gasteiger partial charge in [-0.05, 0) is 50.9 Å². The first-order chi connectivity index (χ1) is 8.69. The Morgan fingerprint density at radius 1 is 1.44 bits per heavy atom. The Labute approximate surface area is 113 Å². The highest BCUT2D eigenvalue weighted by atomic mass is 32.1. The van der Waals surface area contributed by atoms with Crippen molar-refractivity contribution in [2.45, 2.75) is 19.8 Å². The van der Waals surface area contributed by atoms with Crippen LogP contribution in [0.15, 0.2) is 12.1 Å². The predicted molar refractivity (Wildman–Crippen MR) is 74.4 cm³/mol. The van der Waals surface area contributed by atoms with Crippen molar-refractivity contribution in [2.75, 3.05) is 33.4 Å². The van der Waals surface area contributed by atoms with Crippen LogP contribution < -0.4 is 0 Å². The van der Waals surface area contributed by atoms with E-state index in [4.69, 9.17) is 4.74 Å². The smallest absolute Gasteiger partial charge is 0.186 e. The molecule has 1 aliphatic heterocycles. The summed E-state index contributed by atoms with van der Waals surface area (Å²) in [5.41, 5.74) is 0. The third-order valence-electron chi connectivity index (χ3n) is 3.49. The zero-order chi connectivity index (χ0) is 13.0. The number of Topliss-reactive ketones (excluding diaryl/α,β-unsaturated/α-hetero) is 1. The van der Waals surface area contributed by atoms with Crippen molar-refractivity contribution >= 4 is 17.1 Å². The summed E-state index contributed by atoms with van der Waals surface area (Å²) < 4.78 is 5.19. The zero-order valence-corrected chi connectivity index (χ0v) is 12.0. The number of carbonyl (C=O) groups excluding carboxylic acids is 1. The number of thiophene rings is 1. The first kappa shape index (κ1) is 13.7. The summed E-state index contributed by atoms with van der Waals surface area (Å²) in [4.78, 5) is 16.4. The number of likely N-dealkylation sites (tertiary alicyclic amines) is 1. The Bertz CT molecular complexity index is 394. The van der Waals surface area contributed by atoms with Crippen LogP contribution in [0.3, 0.4) is 0 Å². The number of aryl methyl sites for hydroxylation is 1. The Morgan fingerprint density at radius 3 is 2.72 bits per heavy atom. The van der Waals surface area contributed by atoms with Gasteiger partial charge in [-0.2, -0.15) is 0 Å². The van der Waals surface area contributed by atoms with Gasteiger partial charge < -0.3 is 4.74 Å². The molecule has 1 aliphatic rings. The molecule has 0 saturated carbocycles. The van der Waals surface area contributed by atoms with Gasteiger partial charge in [-0.15, -0.1) is 11.3 Å². The lowest BCUT2D eigenvalue weighted by molar-refractivity contribution is 0.0813. The molecule has 0 aromatic carbocycles. The molecule has 100 valence electrons. The van der Waals surface area contributed by atoms with E-state index in [1.54, 1.807) is 18.4 Å². The molecule has 1 saturated heterocycles. The number of rotatable bonds is 5. The standard InChI is InChI=1S/C14H21NO2S/c1-11-3-4-14(18-11)13(16)9-15-7-5-12(6-8-15)10-17-2/h3-4,12H,5-10H2,1-2H3. The van der Waals surface area contributed by atoms with Gasteiger partial charge in [0.25, 0.3) is 0 Å². The van der Waals surface area contributed by atoms with E-state index in [2.05, 4.69) is 4.90 Å². The normalized spacial score (nSPS) is 18.1.